The third-order valence-electron chi connectivity index (χ3n) is 3.68. The van der Waals surface area contributed by atoms with Gasteiger partial charge in [0, 0.05) is 11.4 Å². The van der Waals surface area contributed by atoms with Gasteiger partial charge in [-0.15, -0.1) is 0 Å². The fourth-order valence-corrected chi connectivity index (χ4v) is 2.61. The Morgan fingerprint density at radius 3 is 2.42 bits per heavy atom. The SMILES string of the molecule is NC(=O)[C@@H](Cc1ccccc1Cl)NC(=O)Cc1cccc(C(F)(F)F)c1. The minimum absolute atomic E-state index is 0.0866. The predicted octanol–water partition coefficient (Wildman–Crippen LogP) is 3.11. The van der Waals surface area contributed by atoms with Crippen molar-refractivity contribution >= 4 is 23.4 Å². The molecule has 0 aliphatic carbocycles. The topological polar surface area (TPSA) is 72.2 Å². The summed E-state index contributed by atoms with van der Waals surface area (Å²) in [5.41, 5.74) is 5.27. The van der Waals surface area contributed by atoms with Crippen LogP contribution in [0.5, 0.6) is 0 Å². The zero-order chi connectivity index (χ0) is 19.3. The van der Waals surface area contributed by atoms with E-state index in [4.69, 9.17) is 17.3 Å². The van der Waals surface area contributed by atoms with Crippen molar-refractivity contribution in [2.75, 3.05) is 0 Å². The molecule has 138 valence electrons. The lowest BCUT2D eigenvalue weighted by Gasteiger charge is -2.16. The van der Waals surface area contributed by atoms with E-state index in [2.05, 4.69) is 5.32 Å². The van der Waals surface area contributed by atoms with Crippen LogP contribution in [0.25, 0.3) is 0 Å². The average molecular weight is 385 g/mol. The number of hydrogen-bond donors (Lipinski definition) is 2. The van der Waals surface area contributed by atoms with Crippen molar-refractivity contribution in [2.24, 2.45) is 5.73 Å². The van der Waals surface area contributed by atoms with E-state index in [-0.39, 0.29) is 18.4 Å². The van der Waals surface area contributed by atoms with Crippen LogP contribution in [0.15, 0.2) is 48.5 Å². The molecular formula is C18H16ClF3N2O2. The first kappa shape index (κ1) is 19.8. The second kappa shape index (κ2) is 8.23. The molecule has 0 heterocycles. The summed E-state index contributed by atoms with van der Waals surface area (Å²) in [6.07, 6.45) is -4.72. The Bertz CT molecular complexity index is 809. The number of amides is 2. The Morgan fingerprint density at radius 2 is 1.81 bits per heavy atom. The third kappa shape index (κ3) is 5.49. The summed E-state index contributed by atoms with van der Waals surface area (Å²) in [6.45, 7) is 0. The number of nitrogens with one attached hydrogen (secondary N) is 1. The van der Waals surface area contributed by atoms with Gasteiger partial charge in [-0.1, -0.05) is 48.0 Å². The molecule has 0 spiro atoms. The summed E-state index contributed by atoms with van der Waals surface area (Å²) in [6, 6.07) is 10.2. The van der Waals surface area contributed by atoms with Gasteiger partial charge in [0.2, 0.25) is 11.8 Å². The summed E-state index contributed by atoms with van der Waals surface area (Å²) >= 11 is 6.03. The molecule has 2 aromatic rings. The van der Waals surface area contributed by atoms with Gasteiger partial charge in [0.25, 0.3) is 0 Å². The van der Waals surface area contributed by atoms with Crippen LogP contribution < -0.4 is 11.1 Å². The highest BCUT2D eigenvalue weighted by Crippen LogP contribution is 2.29. The first-order chi connectivity index (χ1) is 12.2. The highest BCUT2D eigenvalue weighted by atomic mass is 35.5. The number of halogens is 4. The van der Waals surface area contributed by atoms with E-state index in [0.29, 0.717) is 10.6 Å². The standard InChI is InChI=1S/C18H16ClF3N2O2/c19-14-7-2-1-5-12(14)10-15(17(23)26)24-16(25)9-11-4-3-6-13(8-11)18(20,21)22/h1-8,15H,9-10H2,(H2,23,26)(H,24,25)/t15-/m1/s1. The average Bonchev–Trinajstić information content (AvgIpc) is 2.55. The highest BCUT2D eigenvalue weighted by Gasteiger charge is 2.30. The molecule has 26 heavy (non-hydrogen) atoms. The van der Waals surface area contributed by atoms with E-state index in [1.165, 1.54) is 12.1 Å². The summed E-state index contributed by atoms with van der Waals surface area (Å²) in [5, 5.41) is 2.87. The molecular weight excluding hydrogens is 369 g/mol. The first-order valence-corrected chi connectivity index (χ1v) is 8.03. The van der Waals surface area contributed by atoms with Crippen molar-refractivity contribution in [3.63, 3.8) is 0 Å². The molecule has 0 fully saturated rings. The van der Waals surface area contributed by atoms with Crippen LogP contribution in [0, 0.1) is 0 Å². The fourth-order valence-electron chi connectivity index (χ4n) is 2.39. The minimum Gasteiger partial charge on any atom is -0.368 e. The quantitative estimate of drug-likeness (QED) is 0.803. The molecule has 2 aromatic carbocycles. The summed E-state index contributed by atoms with van der Waals surface area (Å²) in [4.78, 5) is 23.7. The second-order valence-electron chi connectivity index (χ2n) is 5.69. The van der Waals surface area contributed by atoms with E-state index in [9.17, 15) is 22.8 Å². The van der Waals surface area contributed by atoms with Crippen molar-refractivity contribution < 1.29 is 22.8 Å². The maximum absolute atomic E-state index is 12.7. The zero-order valence-corrected chi connectivity index (χ0v) is 14.3. The maximum Gasteiger partial charge on any atom is 0.416 e. The van der Waals surface area contributed by atoms with Crippen molar-refractivity contribution in [1.29, 1.82) is 0 Å². The minimum atomic E-state index is -4.49. The Balaban J connectivity index is 2.07. The van der Waals surface area contributed by atoms with Crippen LogP contribution >= 0.6 is 11.6 Å². The van der Waals surface area contributed by atoms with Gasteiger partial charge < -0.3 is 11.1 Å². The number of alkyl halides is 3. The number of carbonyl (C=O) groups excluding carboxylic acids is 2. The summed E-state index contributed by atoms with van der Waals surface area (Å²) in [5.74, 6) is -1.37. The summed E-state index contributed by atoms with van der Waals surface area (Å²) in [7, 11) is 0. The lowest BCUT2D eigenvalue weighted by atomic mass is 10.0. The Kier molecular flexibility index (Phi) is 6.26. The van der Waals surface area contributed by atoms with Crippen molar-refractivity contribution in [3.05, 3.63) is 70.2 Å². The van der Waals surface area contributed by atoms with Crippen LogP contribution in [0.1, 0.15) is 16.7 Å². The Morgan fingerprint density at radius 1 is 1.12 bits per heavy atom. The first-order valence-electron chi connectivity index (χ1n) is 7.65. The Hall–Kier alpha value is -2.54. The molecule has 0 aliphatic heterocycles. The van der Waals surface area contributed by atoms with Gasteiger partial charge in [-0.25, -0.2) is 0 Å². The lowest BCUT2D eigenvalue weighted by molar-refractivity contribution is -0.137. The van der Waals surface area contributed by atoms with Gasteiger partial charge in [0.05, 0.1) is 12.0 Å². The lowest BCUT2D eigenvalue weighted by Crippen LogP contribution is -2.46. The normalized spacial score (nSPS) is 12.5. The van der Waals surface area contributed by atoms with Gasteiger partial charge in [0.1, 0.15) is 6.04 Å². The molecule has 3 N–H and O–H groups in total. The van der Waals surface area contributed by atoms with Crippen LogP contribution in [-0.2, 0) is 28.6 Å². The molecule has 4 nitrogen and oxygen atoms in total. The van der Waals surface area contributed by atoms with E-state index in [1.54, 1.807) is 24.3 Å². The number of nitrogens with two attached hydrogens (primary N) is 1. The number of carbonyl (C=O) groups is 2. The Labute approximate surface area is 153 Å². The zero-order valence-electron chi connectivity index (χ0n) is 13.5. The van der Waals surface area contributed by atoms with Crippen molar-refractivity contribution in [1.82, 2.24) is 5.32 Å². The van der Waals surface area contributed by atoms with Gasteiger partial charge in [-0.05, 0) is 23.3 Å². The number of benzene rings is 2. The third-order valence-corrected chi connectivity index (χ3v) is 4.05. The van der Waals surface area contributed by atoms with E-state index < -0.39 is 29.6 Å². The van der Waals surface area contributed by atoms with E-state index in [0.717, 1.165) is 12.1 Å². The molecule has 0 bridgehead atoms. The number of hydrogen-bond acceptors (Lipinski definition) is 2. The van der Waals surface area contributed by atoms with Crippen LogP contribution in [0.2, 0.25) is 5.02 Å². The van der Waals surface area contributed by atoms with Crippen LogP contribution in [0.3, 0.4) is 0 Å². The molecule has 8 heteroatoms. The number of rotatable bonds is 6. The van der Waals surface area contributed by atoms with Crippen LogP contribution in [-0.4, -0.2) is 17.9 Å². The number of primary amides is 1. The molecule has 1 atom stereocenters. The van der Waals surface area contributed by atoms with Crippen molar-refractivity contribution in [3.8, 4) is 0 Å². The summed E-state index contributed by atoms with van der Waals surface area (Å²) < 4.78 is 38.2. The fraction of sp³-hybridized carbons (Fsp3) is 0.222. The van der Waals surface area contributed by atoms with Crippen molar-refractivity contribution in [2.45, 2.75) is 25.1 Å². The van der Waals surface area contributed by atoms with E-state index >= 15 is 0 Å². The van der Waals surface area contributed by atoms with Gasteiger partial charge in [-0.3, -0.25) is 9.59 Å². The molecule has 0 radical (unpaired) electrons. The smallest absolute Gasteiger partial charge is 0.368 e. The monoisotopic (exact) mass is 384 g/mol. The highest BCUT2D eigenvalue weighted by molar-refractivity contribution is 6.31. The molecule has 2 rings (SSSR count). The van der Waals surface area contributed by atoms with Gasteiger partial charge in [0.15, 0.2) is 0 Å². The molecule has 2 amide bonds. The molecule has 0 unspecified atom stereocenters. The molecule has 0 aliphatic rings. The van der Waals surface area contributed by atoms with Gasteiger partial charge >= 0.3 is 6.18 Å². The molecule has 0 aromatic heterocycles. The van der Waals surface area contributed by atoms with Gasteiger partial charge in [-0.2, -0.15) is 13.2 Å². The van der Waals surface area contributed by atoms with Crippen LogP contribution in [0.4, 0.5) is 13.2 Å². The maximum atomic E-state index is 12.7. The largest absolute Gasteiger partial charge is 0.416 e. The molecule has 0 saturated carbocycles. The molecule has 0 saturated heterocycles. The van der Waals surface area contributed by atoms with E-state index in [1.807, 2.05) is 0 Å². The predicted molar refractivity (Wildman–Crippen MR) is 91.4 cm³/mol. The second-order valence-corrected chi connectivity index (χ2v) is 6.10.